The van der Waals surface area contributed by atoms with Crippen LogP contribution in [0, 0.1) is 5.82 Å². The molecule has 1 N–H and O–H groups in total. The monoisotopic (exact) mass is 234 g/mol. The smallest absolute Gasteiger partial charge is 0.339 e. The van der Waals surface area contributed by atoms with Gasteiger partial charge in [0.1, 0.15) is 5.56 Å². The number of hydrogen-bond acceptors (Lipinski definition) is 4. The minimum atomic E-state index is -1.18. The molecular formula is C11H7FN2O3. The lowest BCUT2D eigenvalue weighted by Gasteiger charge is -2.07. The predicted octanol–water partition coefficient (Wildman–Crippen LogP) is 2.11. The molecule has 17 heavy (non-hydrogen) atoms. The third kappa shape index (κ3) is 2.36. The summed E-state index contributed by atoms with van der Waals surface area (Å²) in [5, 5.41) is 8.89. The molecule has 0 atom stereocenters. The maximum absolute atomic E-state index is 13.3. The van der Waals surface area contributed by atoms with Gasteiger partial charge in [-0.15, -0.1) is 0 Å². The Morgan fingerprint density at radius 1 is 1.35 bits per heavy atom. The van der Waals surface area contributed by atoms with Gasteiger partial charge in [-0.2, -0.15) is 0 Å². The summed E-state index contributed by atoms with van der Waals surface area (Å²) in [5.41, 5.74) is -0.106. The Kier molecular flexibility index (Phi) is 2.95. The number of aromatic nitrogens is 2. The number of aromatic carboxylic acids is 1. The molecule has 0 aliphatic carbocycles. The number of rotatable bonds is 3. The Morgan fingerprint density at radius 2 is 2.18 bits per heavy atom. The van der Waals surface area contributed by atoms with Gasteiger partial charge in [-0.05, 0) is 18.2 Å². The summed E-state index contributed by atoms with van der Waals surface area (Å²) in [6, 6.07) is 3.83. The van der Waals surface area contributed by atoms with Gasteiger partial charge in [0.05, 0.1) is 6.20 Å². The first kappa shape index (κ1) is 11.0. The molecular weight excluding hydrogens is 227 g/mol. The second-order valence-electron chi connectivity index (χ2n) is 3.07. The number of carbonyl (C=O) groups is 1. The summed E-state index contributed by atoms with van der Waals surface area (Å²) in [7, 11) is 0. The van der Waals surface area contributed by atoms with E-state index in [2.05, 4.69) is 9.97 Å². The van der Waals surface area contributed by atoms with E-state index in [0.29, 0.717) is 0 Å². The highest BCUT2D eigenvalue weighted by molar-refractivity contribution is 5.90. The summed E-state index contributed by atoms with van der Waals surface area (Å²) in [4.78, 5) is 18.2. The van der Waals surface area contributed by atoms with Gasteiger partial charge in [0.25, 0.3) is 5.88 Å². The molecule has 5 nitrogen and oxygen atoms in total. The quantitative estimate of drug-likeness (QED) is 0.880. The minimum absolute atomic E-state index is 0.0578. The first-order valence-electron chi connectivity index (χ1n) is 4.64. The van der Waals surface area contributed by atoms with Crippen LogP contribution in [0.25, 0.3) is 0 Å². The number of carboxylic acid groups (broad SMARTS) is 1. The van der Waals surface area contributed by atoms with Crippen molar-refractivity contribution in [2.75, 3.05) is 0 Å². The van der Waals surface area contributed by atoms with Crippen LogP contribution in [0.3, 0.4) is 0 Å². The van der Waals surface area contributed by atoms with Gasteiger partial charge in [-0.25, -0.2) is 14.2 Å². The number of hydrogen-bond donors (Lipinski definition) is 1. The SMILES string of the molecule is O=C(O)c1ccncc1Oc1ncccc1F. The van der Waals surface area contributed by atoms with Crippen molar-refractivity contribution < 1.29 is 19.0 Å². The second-order valence-corrected chi connectivity index (χ2v) is 3.07. The highest BCUT2D eigenvalue weighted by Crippen LogP contribution is 2.24. The molecule has 0 saturated heterocycles. The Hall–Kier alpha value is -2.50. The fraction of sp³-hybridized carbons (Fsp3) is 0. The van der Waals surface area contributed by atoms with Crippen molar-refractivity contribution >= 4 is 5.97 Å². The summed E-state index contributed by atoms with van der Waals surface area (Å²) in [5.74, 6) is -2.20. The van der Waals surface area contributed by atoms with Crippen molar-refractivity contribution in [1.82, 2.24) is 9.97 Å². The van der Waals surface area contributed by atoms with E-state index in [1.54, 1.807) is 0 Å². The number of carboxylic acids is 1. The van der Waals surface area contributed by atoms with Crippen molar-refractivity contribution in [3.05, 3.63) is 48.2 Å². The van der Waals surface area contributed by atoms with Gasteiger partial charge in [0, 0.05) is 12.4 Å². The summed E-state index contributed by atoms with van der Waals surface area (Å²) in [6.45, 7) is 0. The van der Waals surface area contributed by atoms with E-state index in [0.717, 1.165) is 0 Å². The van der Waals surface area contributed by atoms with Crippen LogP contribution in [-0.4, -0.2) is 21.0 Å². The fourth-order valence-electron chi connectivity index (χ4n) is 1.19. The summed E-state index contributed by atoms with van der Waals surface area (Å²) < 4.78 is 18.3. The average molecular weight is 234 g/mol. The van der Waals surface area contributed by atoms with Crippen LogP contribution in [0.4, 0.5) is 4.39 Å². The molecule has 0 aromatic carbocycles. The molecule has 0 amide bonds. The first-order chi connectivity index (χ1) is 8.18. The number of halogens is 1. The van der Waals surface area contributed by atoms with E-state index in [1.807, 2.05) is 0 Å². The van der Waals surface area contributed by atoms with E-state index < -0.39 is 11.8 Å². The van der Waals surface area contributed by atoms with Crippen LogP contribution in [0.5, 0.6) is 11.6 Å². The Labute approximate surface area is 95.5 Å². The topological polar surface area (TPSA) is 72.3 Å². The van der Waals surface area contributed by atoms with Crippen LogP contribution in [0.15, 0.2) is 36.8 Å². The second kappa shape index (κ2) is 4.56. The third-order valence-corrected chi connectivity index (χ3v) is 1.95. The normalized spacial score (nSPS) is 9.94. The van der Waals surface area contributed by atoms with E-state index in [4.69, 9.17) is 9.84 Å². The van der Waals surface area contributed by atoms with Crippen molar-refractivity contribution in [2.24, 2.45) is 0 Å². The molecule has 2 aromatic rings. The standard InChI is InChI=1S/C11H7FN2O3/c12-8-2-1-4-14-10(8)17-9-6-13-5-3-7(9)11(15)16/h1-6H,(H,15,16). The number of pyridine rings is 2. The average Bonchev–Trinajstić information content (AvgIpc) is 2.32. The van der Waals surface area contributed by atoms with Crippen molar-refractivity contribution in [3.8, 4) is 11.6 Å². The van der Waals surface area contributed by atoms with Crippen molar-refractivity contribution in [2.45, 2.75) is 0 Å². The van der Waals surface area contributed by atoms with Gasteiger partial charge in [-0.1, -0.05) is 0 Å². The lowest BCUT2D eigenvalue weighted by molar-refractivity contribution is 0.0693. The van der Waals surface area contributed by atoms with Gasteiger partial charge in [0.2, 0.25) is 0 Å². The number of ether oxygens (including phenoxy) is 1. The Balaban J connectivity index is 2.37. The maximum atomic E-state index is 13.3. The van der Waals surface area contributed by atoms with E-state index in [-0.39, 0.29) is 17.2 Å². The molecule has 0 radical (unpaired) electrons. The first-order valence-corrected chi connectivity index (χ1v) is 4.64. The minimum Gasteiger partial charge on any atom is -0.478 e. The van der Waals surface area contributed by atoms with E-state index in [1.165, 1.54) is 36.8 Å². The molecule has 0 saturated carbocycles. The zero-order valence-electron chi connectivity index (χ0n) is 8.50. The molecule has 86 valence electrons. The van der Waals surface area contributed by atoms with Crippen LogP contribution in [0.1, 0.15) is 10.4 Å². The zero-order chi connectivity index (χ0) is 12.3. The zero-order valence-corrected chi connectivity index (χ0v) is 8.50. The van der Waals surface area contributed by atoms with Crippen molar-refractivity contribution in [1.29, 1.82) is 0 Å². The molecule has 0 spiro atoms. The van der Waals surface area contributed by atoms with Gasteiger partial charge < -0.3 is 9.84 Å². The molecule has 2 rings (SSSR count). The van der Waals surface area contributed by atoms with Gasteiger partial charge >= 0.3 is 5.97 Å². The molecule has 0 unspecified atom stereocenters. The summed E-state index contributed by atoms with van der Waals surface area (Å²) in [6.07, 6.45) is 3.85. The van der Waals surface area contributed by atoms with E-state index >= 15 is 0 Å². The highest BCUT2D eigenvalue weighted by atomic mass is 19.1. The summed E-state index contributed by atoms with van der Waals surface area (Å²) >= 11 is 0. The molecule has 2 aromatic heterocycles. The molecule has 6 heteroatoms. The molecule has 0 fully saturated rings. The number of nitrogens with zero attached hydrogens (tertiary/aromatic N) is 2. The lowest BCUT2D eigenvalue weighted by atomic mass is 10.2. The fourth-order valence-corrected chi connectivity index (χ4v) is 1.19. The molecule has 0 bridgehead atoms. The van der Waals surface area contributed by atoms with E-state index in [9.17, 15) is 9.18 Å². The Morgan fingerprint density at radius 3 is 2.88 bits per heavy atom. The van der Waals surface area contributed by atoms with Crippen LogP contribution in [0.2, 0.25) is 0 Å². The Bertz CT molecular complexity index is 560. The van der Waals surface area contributed by atoms with Crippen LogP contribution in [-0.2, 0) is 0 Å². The van der Waals surface area contributed by atoms with Gasteiger partial charge in [-0.3, -0.25) is 4.98 Å². The molecule has 0 aliphatic rings. The predicted molar refractivity (Wildman–Crippen MR) is 55.5 cm³/mol. The lowest BCUT2D eigenvalue weighted by Crippen LogP contribution is -2.01. The van der Waals surface area contributed by atoms with Crippen molar-refractivity contribution in [3.63, 3.8) is 0 Å². The van der Waals surface area contributed by atoms with Crippen LogP contribution >= 0.6 is 0 Å². The molecule has 2 heterocycles. The third-order valence-electron chi connectivity index (χ3n) is 1.95. The van der Waals surface area contributed by atoms with Gasteiger partial charge in [0.15, 0.2) is 11.6 Å². The highest BCUT2D eigenvalue weighted by Gasteiger charge is 2.13. The molecule has 0 aliphatic heterocycles. The van der Waals surface area contributed by atoms with Crippen LogP contribution < -0.4 is 4.74 Å². The maximum Gasteiger partial charge on any atom is 0.339 e. The largest absolute Gasteiger partial charge is 0.478 e.